The summed E-state index contributed by atoms with van der Waals surface area (Å²) in [4.78, 5) is 12.5. The van der Waals surface area contributed by atoms with E-state index in [-0.39, 0.29) is 24.1 Å². The Morgan fingerprint density at radius 1 is 1.03 bits per heavy atom. The quantitative estimate of drug-likeness (QED) is 0.317. The number of hydrogen-bond donors (Lipinski definition) is 1. The van der Waals surface area contributed by atoms with Gasteiger partial charge in [-0.05, 0) is 67.3 Å². The number of benzene rings is 2. The number of halogens is 2. The van der Waals surface area contributed by atoms with Gasteiger partial charge in [0, 0.05) is 36.7 Å². The molecule has 4 aromatic rings. The summed E-state index contributed by atoms with van der Waals surface area (Å²) in [5.74, 6) is 1.53. The molecule has 7 heteroatoms. The van der Waals surface area contributed by atoms with Crippen molar-refractivity contribution < 1.29 is 18.3 Å². The maximum absolute atomic E-state index is 14.4. The third kappa shape index (κ3) is 4.49. The summed E-state index contributed by atoms with van der Waals surface area (Å²) in [6.07, 6.45) is 6.02. The molecule has 1 N–H and O–H groups in total. The van der Waals surface area contributed by atoms with Gasteiger partial charge in [0.2, 0.25) is 0 Å². The number of hydrogen-bond acceptors (Lipinski definition) is 4. The van der Waals surface area contributed by atoms with Crippen LogP contribution in [0.1, 0.15) is 55.8 Å². The SMILES string of the molecule is COCCOc1cc2nc([C@H](C)C3CCC(c4ccnc5ccc(F)cc45)CC3)[nH]c2cc1F. The number of ether oxygens (including phenoxy) is 2. The van der Waals surface area contributed by atoms with Crippen LogP contribution in [0.15, 0.2) is 42.6 Å². The normalized spacial score (nSPS) is 19.5. The zero-order valence-electron chi connectivity index (χ0n) is 19.5. The molecule has 0 radical (unpaired) electrons. The third-order valence-electron chi connectivity index (χ3n) is 7.19. The molecule has 1 fully saturated rings. The summed E-state index contributed by atoms with van der Waals surface area (Å²) in [7, 11) is 1.58. The second-order valence-corrected chi connectivity index (χ2v) is 9.23. The Hall–Kier alpha value is -3.06. The van der Waals surface area contributed by atoms with Crippen molar-refractivity contribution in [3.8, 4) is 5.75 Å². The Morgan fingerprint density at radius 2 is 1.85 bits per heavy atom. The highest BCUT2D eigenvalue weighted by molar-refractivity contribution is 5.82. The predicted molar refractivity (Wildman–Crippen MR) is 128 cm³/mol. The number of H-pyrrole nitrogens is 1. The minimum absolute atomic E-state index is 0.191. The lowest BCUT2D eigenvalue weighted by molar-refractivity contribution is 0.144. The van der Waals surface area contributed by atoms with Crippen LogP contribution in [0.4, 0.5) is 8.78 Å². The smallest absolute Gasteiger partial charge is 0.167 e. The molecule has 34 heavy (non-hydrogen) atoms. The van der Waals surface area contributed by atoms with Crippen LogP contribution in [0.2, 0.25) is 0 Å². The van der Waals surface area contributed by atoms with Crippen LogP contribution in [-0.4, -0.2) is 35.3 Å². The number of fused-ring (bicyclic) bond motifs is 2. The van der Waals surface area contributed by atoms with Gasteiger partial charge in [-0.1, -0.05) is 6.92 Å². The van der Waals surface area contributed by atoms with Gasteiger partial charge in [0.05, 0.1) is 23.2 Å². The average molecular weight is 466 g/mol. The minimum atomic E-state index is -0.409. The Balaban J connectivity index is 1.29. The molecule has 0 saturated heterocycles. The second kappa shape index (κ2) is 9.66. The molecule has 1 aliphatic rings. The summed E-state index contributed by atoms with van der Waals surface area (Å²) in [6.45, 7) is 2.87. The van der Waals surface area contributed by atoms with Crippen LogP contribution in [0.25, 0.3) is 21.9 Å². The number of imidazole rings is 1. The first-order valence-corrected chi connectivity index (χ1v) is 11.9. The summed E-state index contributed by atoms with van der Waals surface area (Å²) in [5.41, 5.74) is 3.41. The summed E-state index contributed by atoms with van der Waals surface area (Å²) < 4.78 is 38.7. The third-order valence-corrected chi connectivity index (χ3v) is 7.19. The Labute approximate surface area is 197 Å². The fourth-order valence-electron chi connectivity index (χ4n) is 5.24. The van der Waals surface area contributed by atoms with Crippen LogP contribution in [0.5, 0.6) is 5.75 Å². The predicted octanol–water partition coefficient (Wildman–Crippen LogP) is 6.49. The Kier molecular flexibility index (Phi) is 6.46. The van der Waals surface area contributed by atoms with Crippen LogP contribution >= 0.6 is 0 Å². The highest BCUT2D eigenvalue weighted by Crippen LogP contribution is 2.43. The van der Waals surface area contributed by atoms with Crippen molar-refractivity contribution in [3.63, 3.8) is 0 Å². The van der Waals surface area contributed by atoms with E-state index >= 15 is 0 Å². The van der Waals surface area contributed by atoms with Gasteiger partial charge < -0.3 is 14.5 Å². The molecule has 0 aliphatic heterocycles. The van der Waals surface area contributed by atoms with Crippen molar-refractivity contribution in [2.75, 3.05) is 20.3 Å². The lowest BCUT2D eigenvalue weighted by Gasteiger charge is -2.32. The first kappa shape index (κ1) is 22.7. The molecule has 1 saturated carbocycles. The van der Waals surface area contributed by atoms with Crippen molar-refractivity contribution >= 4 is 21.9 Å². The standard InChI is InChI=1S/C27H29F2N3O2/c1-16(27-31-24-14-22(29)26(15-25(24)32-27)34-12-11-33-2)17-3-5-18(6-4-17)20-9-10-30-23-8-7-19(28)13-21(20)23/h7-10,13-18H,3-6,11-12H2,1-2H3,(H,31,32)/t16-,17?,18?/m1/s1. The van der Waals surface area contributed by atoms with Gasteiger partial charge in [-0.3, -0.25) is 4.98 Å². The van der Waals surface area contributed by atoms with Gasteiger partial charge in [0.15, 0.2) is 11.6 Å². The van der Waals surface area contributed by atoms with Crippen LogP contribution in [-0.2, 0) is 4.74 Å². The zero-order chi connectivity index (χ0) is 23.7. The van der Waals surface area contributed by atoms with Gasteiger partial charge in [0.25, 0.3) is 0 Å². The van der Waals surface area contributed by atoms with E-state index in [0.717, 1.165) is 42.4 Å². The van der Waals surface area contributed by atoms with Crippen LogP contribution in [0.3, 0.4) is 0 Å². The number of nitrogens with one attached hydrogen (secondary N) is 1. The van der Waals surface area contributed by atoms with E-state index in [9.17, 15) is 8.78 Å². The van der Waals surface area contributed by atoms with Crippen molar-refractivity contribution in [2.45, 2.75) is 44.4 Å². The largest absolute Gasteiger partial charge is 0.488 e. The van der Waals surface area contributed by atoms with Gasteiger partial charge in [0.1, 0.15) is 18.2 Å². The maximum Gasteiger partial charge on any atom is 0.167 e. The average Bonchev–Trinajstić information content (AvgIpc) is 3.26. The molecule has 1 atom stereocenters. The monoisotopic (exact) mass is 465 g/mol. The molecule has 2 heterocycles. The second-order valence-electron chi connectivity index (χ2n) is 9.23. The first-order valence-electron chi connectivity index (χ1n) is 11.9. The molecular weight excluding hydrogens is 436 g/mol. The van der Waals surface area contributed by atoms with Gasteiger partial charge in [-0.25, -0.2) is 13.8 Å². The number of methoxy groups -OCH3 is 1. The molecule has 2 aromatic carbocycles. The molecule has 1 aliphatic carbocycles. The highest BCUT2D eigenvalue weighted by atomic mass is 19.1. The van der Waals surface area contributed by atoms with Crippen molar-refractivity contribution in [2.24, 2.45) is 5.92 Å². The zero-order valence-corrected chi connectivity index (χ0v) is 19.5. The molecule has 5 rings (SSSR count). The summed E-state index contributed by atoms with van der Waals surface area (Å²) in [6, 6.07) is 9.96. The fraction of sp³-hybridized carbons (Fsp3) is 0.407. The fourth-order valence-corrected chi connectivity index (χ4v) is 5.24. The molecule has 0 spiro atoms. The van der Waals surface area contributed by atoms with Gasteiger partial charge >= 0.3 is 0 Å². The Bertz CT molecular complexity index is 1300. The number of aromatic nitrogens is 3. The van der Waals surface area contributed by atoms with E-state index in [1.54, 1.807) is 25.3 Å². The first-order chi connectivity index (χ1) is 16.5. The molecule has 178 valence electrons. The number of rotatable bonds is 7. The van der Waals surface area contributed by atoms with Crippen molar-refractivity contribution in [1.29, 1.82) is 0 Å². The summed E-state index contributed by atoms with van der Waals surface area (Å²) >= 11 is 0. The van der Waals surface area contributed by atoms with Crippen molar-refractivity contribution in [1.82, 2.24) is 15.0 Å². The van der Waals surface area contributed by atoms with Crippen LogP contribution in [0, 0.1) is 17.6 Å². The Morgan fingerprint density at radius 3 is 2.65 bits per heavy atom. The highest BCUT2D eigenvalue weighted by Gasteiger charge is 2.29. The van der Waals surface area contributed by atoms with E-state index in [1.807, 2.05) is 12.3 Å². The number of nitrogens with zero attached hydrogens (tertiary/aromatic N) is 2. The topological polar surface area (TPSA) is 60.0 Å². The minimum Gasteiger partial charge on any atom is -0.488 e. The number of aromatic amines is 1. The number of pyridine rings is 1. The molecule has 2 aromatic heterocycles. The molecule has 0 unspecified atom stereocenters. The molecule has 0 bridgehead atoms. The van der Waals surface area contributed by atoms with E-state index in [2.05, 4.69) is 16.9 Å². The molecule has 5 nitrogen and oxygen atoms in total. The van der Waals surface area contributed by atoms with E-state index < -0.39 is 5.82 Å². The maximum atomic E-state index is 14.4. The van der Waals surface area contributed by atoms with E-state index in [0.29, 0.717) is 29.5 Å². The van der Waals surface area contributed by atoms with E-state index in [4.69, 9.17) is 14.5 Å². The molecular formula is C27H29F2N3O2. The van der Waals surface area contributed by atoms with Crippen LogP contribution < -0.4 is 4.74 Å². The van der Waals surface area contributed by atoms with Gasteiger partial charge in [-0.15, -0.1) is 0 Å². The lowest BCUT2D eigenvalue weighted by atomic mass is 9.73. The molecule has 0 amide bonds. The summed E-state index contributed by atoms with van der Waals surface area (Å²) in [5, 5.41) is 0.918. The van der Waals surface area contributed by atoms with E-state index in [1.165, 1.54) is 17.7 Å². The van der Waals surface area contributed by atoms with Crippen molar-refractivity contribution in [3.05, 3.63) is 65.6 Å². The lowest BCUT2D eigenvalue weighted by Crippen LogP contribution is -2.19. The van der Waals surface area contributed by atoms with Gasteiger partial charge in [-0.2, -0.15) is 0 Å².